The molecule has 2 heteroatoms. The van der Waals surface area contributed by atoms with Gasteiger partial charge in [0.25, 0.3) is 0 Å². The van der Waals surface area contributed by atoms with Crippen molar-refractivity contribution in [3.8, 4) is 0 Å². The minimum atomic E-state index is -0.138. The Kier molecular flexibility index (Phi) is 2.75. The van der Waals surface area contributed by atoms with Gasteiger partial charge in [0.2, 0.25) is 5.91 Å². The lowest BCUT2D eigenvalue weighted by molar-refractivity contribution is -0.124. The molecule has 1 aromatic rings. The van der Waals surface area contributed by atoms with Gasteiger partial charge in [0.1, 0.15) is 0 Å². The number of amides is 1. The van der Waals surface area contributed by atoms with Crippen molar-refractivity contribution < 1.29 is 4.79 Å². The van der Waals surface area contributed by atoms with Crippen molar-refractivity contribution in [3.63, 3.8) is 0 Å². The van der Waals surface area contributed by atoms with Crippen molar-refractivity contribution >= 4 is 5.91 Å². The molecule has 0 bridgehead atoms. The van der Waals surface area contributed by atoms with E-state index in [1.165, 1.54) is 16.7 Å². The first-order chi connectivity index (χ1) is 7.72. The zero-order chi connectivity index (χ0) is 11.8. The maximum absolute atomic E-state index is 11.7. The summed E-state index contributed by atoms with van der Waals surface area (Å²) in [5.41, 5.74) is 3.71. The summed E-state index contributed by atoms with van der Waals surface area (Å²) in [6, 6.07) is 6.43. The molecule has 0 radical (unpaired) electrons. The number of aryl methyl sites for hydroxylation is 1. The monoisotopic (exact) mass is 217 g/mol. The molecule has 2 nitrogen and oxygen atoms in total. The molecule has 1 aromatic carbocycles. The molecular formula is C14H19NO. The Morgan fingerprint density at radius 1 is 1.25 bits per heavy atom. The average molecular weight is 217 g/mol. The summed E-state index contributed by atoms with van der Waals surface area (Å²) in [6.45, 7) is 6.80. The summed E-state index contributed by atoms with van der Waals surface area (Å²) >= 11 is 0. The number of carbonyl (C=O) groups is 1. The fourth-order valence-corrected chi connectivity index (χ4v) is 2.42. The van der Waals surface area contributed by atoms with Gasteiger partial charge in [0.15, 0.2) is 0 Å². The van der Waals surface area contributed by atoms with E-state index in [1.807, 2.05) is 13.8 Å². The third-order valence-corrected chi connectivity index (χ3v) is 3.40. The topological polar surface area (TPSA) is 29.1 Å². The highest BCUT2D eigenvalue weighted by Crippen LogP contribution is 2.51. The Labute approximate surface area is 97.1 Å². The number of carbonyl (C=O) groups excluding carboxylic acids is 1. The van der Waals surface area contributed by atoms with E-state index in [4.69, 9.17) is 0 Å². The Hall–Kier alpha value is -1.31. The van der Waals surface area contributed by atoms with Crippen molar-refractivity contribution in [2.75, 3.05) is 0 Å². The lowest BCUT2D eigenvalue weighted by atomic mass is 9.86. The molecule has 1 fully saturated rings. The van der Waals surface area contributed by atoms with Gasteiger partial charge in [0.05, 0.1) is 5.41 Å². The molecule has 0 aromatic heterocycles. The van der Waals surface area contributed by atoms with Crippen LogP contribution in [-0.4, -0.2) is 5.91 Å². The number of hydrogen-bond donors (Lipinski definition) is 1. The number of rotatable bonds is 0. The molecule has 1 heterocycles. The summed E-state index contributed by atoms with van der Waals surface area (Å²) in [5, 5.41) is 2.98. The second kappa shape index (κ2) is 3.93. The zero-order valence-corrected chi connectivity index (χ0v) is 10.3. The van der Waals surface area contributed by atoms with Crippen LogP contribution in [0.4, 0.5) is 0 Å². The summed E-state index contributed by atoms with van der Waals surface area (Å²) in [6.07, 6.45) is 2.05. The van der Waals surface area contributed by atoms with Gasteiger partial charge in [-0.2, -0.15) is 0 Å². The van der Waals surface area contributed by atoms with E-state index in [2.05, 4.69) is 30.4 Å². The van der Waals surface area contributed by atoms with E-state index in [0.717, 1.165) is 12.8 Å². The summed E-state index contributed by atoms with van der Waals surface area (Å²) in [4.78, 5) is 11.7. The Bertz CT molecular complexity index is 419. The SMILES string of the molecule is CC.Cc1ccc2c(c1)CNC(=O)C21CC1. The first-order valence-corrected chi connectivity index (χ1v) is 6.11. The van der Waals surface area contributed by atoms with E-state index in [-0.39, 0.29) is 11.3 Å². The molecule has 1 saturated carbocycles. The number of benzene rings is 1. The van der Waals surface area contributed by atoms with Crippen molar-refractivity contribution in [1.29, 1.82) is 0 Å². The average Bonchev–Trinajstić information content (AvgIpc) is 3.08. The third-order valence-electron chi connectivity index (χ3n) is 3.40. The molecule has 1 aliphatic heterocycles. The molecular weight excluding hydrogens is 198 g/mol. The van der Waals surface area contributed by atoms with Gasteiger partial charge in [-0.3, -0.25) is 4.79 Å². The van der Waals surface area contributed by atoms with Crippen LogP contribution in [0.2, 0.25) is 0 Å². The predicted octanol–water partition coefficient (Wildman–Crippen LogP) is 2.68. The Balaban J connectivity index is 0.000000457. The minimum absolute atomic E-state index is 0.138. The normalized spacial score (nSPS) is 19.3. The lowest BCUT2D eigenvalue weighted by Gasteiger charge is -2.25. The summed E-state index contributed by atoms with van der Waals surface area (Å²) in [7, 11) is 0. The van der Waals surface area contributed by atoms with Gasteiger partial charge in [-0.1, -0.05) is 37.6 Å². The van der Waals surface area contributed by atoms with Crippen LogP contribution >= 0.6 is 0 Å². The van der Waals surface area contributed by atoms with Crippen LogP contribution < -0.4 is 5.32 Å². The quantitative estimate of drug-likeness (QED) is 0.711. The third kappa shape index (κ3) is 1.53. The van der Waals surface area contributed by atoms with Gasteiger partial charge in [-0.25, -0.2) is 0 Å². The van der Waals surface area contributed by atoms with E-state index in [9.17, 15) is 4.79 Å². The highest BCUT2D eigenvalue weighted by Gasteiger charge is 2.53. The largest absolute Gasteiger partial charge is 0.351 e. The zero-order valence-electron chi connectivity index (χ0n) is 10.3. The first-order valence-electron chi connectivity index (χ1n) is 6.11. The second-order valence-corrected chi connectivity index (χ2v) is 4.43. The van der Waals surface area contributed by atoms with Crippen molar-refractivity contribution in [3.05, 3.63) is 34.9 Å². The molecule has 1 aliphatic carbocycles. The van der Waals surface area contributed by atoms with Crippen molar-refractivity contribution in [2.24, 2.45) is 0 Å². The molecule has 16 heavy (non-hydrogen) atoms. The van der Waals surface area contributed by atoms with Gasteiger partial charge in [0, 0.05) is 6.54 Å². The summed E-state index contributed by atoms with van der Waals surface area (Å²) in [5.74, 6) is 0.230. The maximum Gasteiger partial charge on any atom is 0.230 e. The van der Waals surface area contributed by atoms with Crippen molar-refractivity contribution in [2.45, 2.75) is 45.6 Å². The van der Waals surface area contributed by atoms with E-state index < -0.39 is 0 Å². The standard InChI is InChI=1S/C12H13NO.C2H6/c1-8-2-3-10-9(6-8)7-13-11(14)12(10)4-5-12;1-2/h2-3,6H,4-5,7H2,1H3,(H,13,14);1-2H3. The van der Waals surface area contributed by atoms with Crippen LogP contribution in [0, 0.1) is 6.92 Å². The predicted molar refractivity (Wildman–Crippen MR) is 65.3 cm³/mol. The highest BCUT2D eigenvalue weighted by molar-refractivity contribution is 5.93. The van der Waals surface area contributed by atoms with Crippen LogP contribution in [0.3, 0.4) is 0 Å². The lowest BCUT2D eigenvalue weighted by Crippen LogP contribution is -2.39. The van der Waals surface area contributed by atoms with Gasteiger partial charge in [-0.05, 0) is 30.9 Å². The van der Waals surface area contributed by atoms with E-state index in [1.54, 1.807) is 0 Å². The molecule has 1 N–H and O–H groups in total. The fourth-order valence-electron chi connectivity index (χ4n) is 2.42. The molecule has 1 amide bonds. The Morgan fingerprint density at radius 3 is 2.56 bits per heavy atom. The molecule has 1 spiro atoms. The van der Waals surface area contributed by atoms with Gasteiger partial charge in [-0.15, -0.1) is 0 Å². The van der Waals surface area contributed by atoms with E-state index >= 15 is 0 Å². The van der Waals surface area contributed by atoms with E-state index in [0.29, 0.717) is 6.54 Å². The van der Waals surface area contributed by atoms with Crippen LogP contribution in [0.1, 0.15) is 43.4 Å². The second-order valence-electron chi connectivity index (χ2n) is 4.43. The molecule has 86 valence electrons. The summed E-state index contributed by atoms with van der Waals surface area (Å²) < 4.78 is 0. The molecule has 2 aliphatic rings. The smallest absolute Gasteiger partial charge is 0.230 e. The van der Waals surface area contributed by atoms with Crippen LogP contribution in [0.25, 0.3) is 0 Å². The fraction of sp³-hybridized carbons (Fsp3) is 0.500. The molecule has 0 unspecified atom stereocenters. The number of nitrogens with one attached hydrogen (secondary N) is 1. The molecule has 0 atom stereocenters. The molecule has 0 saturated heterocycles. The molecule has 3 rings (SSSR count). The number of hydrogen-bond acceptors (Lipinski definition) is 1. The minimum Gasteiger partial charge on any atom is -0.351 e. The van der Waals surface area contributed by atoms with Gasteiger partial charge < -0.3 is 5.32 Å². The highest BCUT2D eigenvalue weighted by atomic mass is 16.2. The van der Waals surface area contributed by atoms with Gasteiger partial charge >= 0.3 is 0 Å². The maximum atomic E-state index is 11.7. The van der Waals surface area contributed by atoms with Crippen LogP contribution in [0.5, 0.6) is 0 Å². The van der Waals surface area contributed by atoms with Crippen LogP contribution in [-0.2, 0) is 16.8 Å². The van der Waals surface area contributed by atoms with Crippen molar-refractivity contribution in [1.82, 2.24) is 5.32 Å². The Morgan fingerprint density at radius 2 is 1.94 bits per heavy atom. The number of fused-ring (bicyclic) bond motifs is 2. The van der Waals surface area contributed by atoms with Crippen LogP contribution in [0.15, 0.2) is 18.2 Å². The first kappa shape index (κ1) is 11.2.